The van der Waals surface area contributed by atoms with Gasteiger partial charge >= 0.3 is 5.97 Å². The normalized spacial score (nSPS) is 42.4. The van der Waals surface area contributed by atoms with Crippen LogP contribution in [0, 0.1) is 11.8 Å². The van der Waals surface area contributed by atoms with Gasteiger partial charge in [0.05, 0.1) is 18.6 Å². The highest BCUT2D eigenvalue weighted by atomic mass is 16.5. The van der Waals surface area contributed by atoms with Crippen LogP contribution in [0.1, 0.15) is 20.3 Å². The summed E-state index contributed by atoms with van der Waals surface area (Å²) in [4.78, 5) is 25.5. The zero-order valence-corrected chi connectivity index (χ0v) is 10.5. The van der Waals surface area contributed by atoms with Gasteiger partial charge in [-0.05, 0) is 13.3 Å². The number of carbonyl (C=O) groups excluding carboxylic acids is 1. The standard InChI is InChI=1S/C13H17NO4/c1-3-7(2)14-6-13-5-4-8(18-13)9(12(16)17)10(13)11(14)15/h4-5,7-10H,3,6H2,1-2H3,(H,16,17)/t7-,8-,9+,10-,13+/m0/s1. The molecule has 0 unspecified atom stereocenters. The van der Waals surface area contributed by atoms with E-state index in [1.807, 2.05) is 19.9 Å². The second-order valence-corrected chi connectivity index (χ2v) is 5.46. The minimum absolute atomic E-state index is 0.0661. The van der Waals surface area contributed by atoms with Crippen LogP contribution >= 0.6 is 0 Å². The molecular weight excluding hydrogens is 234 g/mol. The Morgan fingerprint density at radius 2 is 2.44 bits per heavy atom. The van der Waals surface area contributed by atoms with Gasteiger partial charge in [0.1, 0.15) is 11.5 Å². The van der Waals surface area contributed by atoms with Crippen molar-refractivity contribution in [1.82, 2.24) is 4.90 Å². The van der Waals surface area contributed by atoms with E-state index in [-0.39, 0.29) is 11.9 Å². The third-order valence-corrected chi connectivity index (χ3v) is 4.54. The topological polar surface area (TPSA) is 66.8 Å². The van der Waals surface area contributed by atoms with Crippen LogP contribution in [0.4, 0.5) is 0 Å². The summed E-state index contributed by atoms with van der Waals surface area (Å²) in [5.74, 6) is -2.27. The summed E-state index contributed by atoms with van der Waals surface area (Å²) in [7, 11) is 0. The molecule has 3 heterocycles. The Morgan fingerprint density at radius 3 is 3.06 bits per heavy atom. The van der Waals surface area contributed by atoms with Gasteiger partial charge in [0.2, 0.25) is 5.91 Å². The van der Waals surface area contributed by atoms with Gasteiger partial charge in [-0.25, -0.2) is 0 Å². The third kappa shape index (κ3) is 1.25. The van der Waals surface area contributed by atoms with Crippen molar-refractivity contribution < 1.29 is 19.4 Å². The van der Waals surface area contributed by atoms with Crippen LogP contribution in [-0.2, 0) is 14.3 Å². The van der Waals surface area contributed by atoms with Gasteiger partial charge in [0, 0.05) is 6.04 Å². The molecule has 1 spiro atoms. The molecule has 0 saturated carbocycles. The SMILES string of the molecule is CC[C@H](C)N1C[C@@]23C=C[C@H](O2)[C@@H](C(=O)O)[C@H]3C1=O. The lowest BCUT2D eigenvalue weighted by Crippen LogP contribution is -2.40. The average Bonchev–Trinajstić information content (AvgIpc) is 2.96. The van der Waals surface area contributed by atoms with Crippen molar-refractivity contribution in [3.8, 4) is 0 Å². The molecule has 5 heteroatoms. The Labute approximate surface area is 105 Å². The number of likely N-dealkylation sites (tertiary alicyclic amines) is 1. The van der Waals surface area contributed by atoms with Gasteiger partial charge < -0.3 is 14.7 Å². The number of amides is 1. The molecular formula is C13H17NO4. The lowest BCUT2D eigenvalue weighted by atomic mass is 9.77. The van der Waals surface area contributed by atoms with Crippen LogP contribution < -0.4 is 0 Å². The molecule has 98 valence electrons. The molecule has 3 aliphatic heterocycles. The smallest absolute Gasteiger partial charge is 0.310 e. The van der Waals surface area contributed by atoms with E-state index in [9.17, 15) is 14.7 Å². The lowest BCUT2D eigenvalue weighted by Gasteiger charge is -2.26. The van der Waals surface area contributed by atoms with Gasteiger partial charge in [0.15, 0.2) is 0 Å². The molecule has 5 atom stereocenters. The van der Waals surface area contributed by atoms with Crippen molar-refractivity contribution in [2.24, 2.45) is 11.8 Å². The van der Waals surface area contributed by atoms with Crippen molar-refractivity contribution in [3.05, 3.63) is 12.2 Å². The van der Waals surface area contributed by atoms with Crippen LogP contribution in [0.25, 0.3) is 0 Å². The summed E-state index contributed by atoms with van der Waals surface area (Å²) in [6, 6.07) is 0.128. The number of fused-ring (bicyclic) bond motifs is 1. The number of carboxylic acids is 1. The van der Waals surface area contributed by atoms with Gasteiger partial charge in [-0.2, -0.15) is 0 Å². The fourth-order valence-corrected chi connectivity index (χ4v) is 3.40. The Kier molecular flexibility index (Phi) is 2.32. The highest BCUT2D eigenvalue weighted by Crippen LogP contribution is 2.52. The van der Waals surface area contributed by atoms with Crippen molar-refractivity contribution in [3.63, 3.8) is 0 Å². The maximum absolute atomic E-state index is 12.4. The molecule has 1 N–H and O–H groups in total. The number of carbonyl (C=O) groups is 2. The maximum Gasteiger partial charge on any atom is 0.310 e. The van der Waals surface area contributed by atoms with Crippen LogP contribution in [0.2, 0.25) is 0 Å². The first-order chi connectivity index (χ1) is 8.50. The van der Waals surface area contributed by atoms with E-state index in [1.54, 1.807) is 11.0 Å². The molecule has 2 bridgehead atoms. The van der Waals surface area contributed by atoms with E-state index >= 15 is 0 Å². The van der Waals surface area contributed by atoms with Crippen molar-refractivity contribution >= 4 is 11.9 Å². The minimum atomic E-state index is -0.935. The van der Waals surface area contributed by atoms with E-state index in [2.05, 4.69) is 0 Å². The Hall–Kier alpha value is -1.36. The number of rotatable bonds is 3. The van der Waals surface area contributed by atoms with Crippen LogP contribution in [0.5, 0.6) is 0 Å². The van der Waals surface area contributed by atoms with Gasteiger partial charge in [-0.1, -0.05) is 19.1 Å². The predicted molar refractivity (Wildman–Crippen MR) is 62.8 cm³/mol. The summed E-state index contributed by atoms with van der Waals surface area (Å²) in [6.45, 7) is 4.50. The largest absolute Gasteiger partial charge is 0.481 e. The van der Waals surface area contributed by atoms with Crippen LogP contribution in [-0.4, -0.2) is 46.2 Å². The summed E-state index contributed by atoms with van der Waals surface area (Å²) in [5.41, 5.74) is -0.686. The molecule has 0 aromatic carbocycles. The van der Waals surface area contributed by atoms with Crippen LogP contribution in [0.15, 0.2) is 12.2 Å². The lowest BCUT2D eigenvalue weighted by molar-refractivity contribution is -0.148. The second-order valence-electron chi connectivity index (χ2n) is 5.46. The molecule has 0 radical (unpaired) electrons. The molecule has 1 amide bonds. The number of ether oxygens (including phenoxy) is 1. The van der Waals surface area contributed by atoms with Crippen molar-refractivity contribution in [2.75, 3.05) is 6.54 Å². The quantitative estimate of drug-likeness (QED) is 0.748. The van der Waals surface area contributed by atoms with E-state index in [0.717, 1.165) is 6.42 Å². The fraction of sp³-hybridized carbons (Fsp3) is 0.692. The first-order valence-electron chi connectivity index (χ1n) is 6.40. The average molecular weight is 251 g/mol. The maximum atomic E-state index is 12.4. The summed E-state index contributed by atoms with van der Waals surface area (Å²) in [5, 5.41) is 9.29. The van der Waals surface area contributed by atoms with E-state index in [1.165, 1.54) is 0 Å². The van der Waals surface area contributed by atoms with Crippen molar-refractivity contribution in [1.29, 1.82) is 0 Å². The highest BCUT2D eigenvalue weighted by Gasteiger charge is 2.67. The predicted octanol–water partition coefficient (Wildman–Crippen LogP) is 0.651. The number of carboxylic acid groups (broad SMARTS) is 1. The Balaban J connectivity index is 1.97. The molecule has 2 fully saturated rings. The first-order valence-corrected chi connectivity index (χ1v) is 6.40. The molecule has 3 aliphatic rings. The van der Waals surface area contributed by atoms with Gasteiger partial charge in [-0.15, -0.1) is 0 Å². The molecule has 5 nitrogen and oxygen atoms in total. The Bertz CT molecular complexity index is 446. The minimum Gasteiger partial charge on any atom is -0.481 e. The molecule has 2 saturated heterocycles. The Morgan fingerprint density at radius 1 is 1.72 bits per heavy atom. The monoisotopic (exact) mass is 251 g/mol. The van der Waals surface area contributed by atoms with E-state index in [0.29, 0.717) is 6.54 Å². The molecule has 18 heavy (non-hydrogen) atoms. The summed E-state index contributed by atoms with van der Waals surface area (Å²) < 4.78 is 5.80. The zero-order chi connectivity index (χ0) is 13.1. The molecule has 3 rings (SSSR count). The van der Waals surface area contributed by atoms with E-state index in [4.69, 9.17) is 4.74 Å². The molecule has 0 aromatic heterocycles. The highest BCUT2D eigenvalue weighted by molar-refractivity contribution is 5.90. The van der Waals surface area contributed by atoms with Gasteiger partial charge in [-0.3, -0.25) is 9.59 Å². The number of hydrogen-bond donors (Lipinski definition) is 1. The molecule has 0 aromatic rings. The number of hydrogen-bond acceptors (Lipinski definition) is 3. The zero-order valence-electron chi connectivity index (χ0n) is 10.5. The van der Waals surface area contributed by atoms with Gasteiger partial charge in [0.25, 0.3) is 0 Å². The van der Waals surface area contributed by atoms with Crippen molar-refractivity contribution in [2.45, 2.75) is 38.0 Å². The third-order valence-electron chi connectivity index (χ3n) is 4.54. The summed E-state index contributed by atoms with van der Waals surface area (Å²) in [6.07, 6.45) is 4.11. The van der Waals surface area contributed by atoms with Crippen LogP contribution in [0.3, 0.4) is 0 Å². The number of nitrogens with zero attached hydrogens (tertiary/aromatic N) is 1. The van der Waals surface area contributed by atoms with E-state index < -0.39 is 29.5 Å². The fourth-order valence-electron chi connectivity index (χ4n) is 3.40. The number of aliphatic carboxylic acids is 1. The summed E-state index contributed by atoms with van der Waals surface area (Å²) >= 11 is 0. The molecule has 0 aliphatic carbocycles. The first kappa shape index (κ1) is 11.7. The second kappa shape index (κ2) is 3.57.